The van der Waals surface area contributed by atoms with Crippen LogP contribution >= 0.6 is 0 Å². The van der Waals surface area contributed by atoms with Crippen molar-refractivity contribution in [3.63, 3.8) is 0 Å². The van der Waals surface area contributed by atoms with Crippen molar-refractivity contribution in [1.82, 2.24) is 0 Å². The minimum atomic E-state index is 0.698. The molecule has 0 saturated heterocycles. The summed E-state index contributed by atoms with van der Waals surface area (Å²) in [5.74, 6) is 0. The zero-order valence-electron chi connectivity index (χ0n) is 2.57. The molecule has 0 fully saturated rings. The molecule has 0 saturated carbocycles. The molecule has 0 bridgehead atoms. The van der Waals surface area contributed by atoms with E-state index in [2.05, 4.69) is 14.6 Å². The second-order valence-corrected chi connectivity index (χ2v) is 4.24. The topological polar surface area (TPSA) is 0 Å². The van der Waals surface area contributed by atoms with Gasteiger partial charge in [0.1, 0.15) is 0 Å². The minimum Gasteiger partial charge on any atom is -0.109 e. The van der Waals surface area contributed by atoms with Crippen molar-refractivity contribution >= 4 is 33.1 Å². The predicted octanol–water partition coefficient (Wildman–Crippen LogP) is -2.64. The van der Waals surface area contributed by atoms with E-state index < -0.39 is 0 Å². The van der Waals surface area contributed by atoms with Gasteiger partial charge >= 0.3 is 0 Å². The molecule has 0 radical (unpaired) electrons. The van der Waals surface area contributed by atoms with Crippen LogP contribution in [0.25, 0.3) is 0 Å². The van der Waals surface area contributed by atoms with Gasteiger partial charge < -0.3 is 0 Å². The van der Waals surface area contributed by atoms with Crippen LogP contribution in [0.1, 0.15) is 0 Å². The zero-order chi connectivity index (χ0) is 3.41. The van der Waals surface area contributed by atoms with Crippen LogP contribution in [0.5, 0.6) is 0 Å². The number of hydrogen-bond donors (Lipinski definition) is 0. The van der Waals surface area contributed by atoms with Crippen molar-refractivity contribution in [2.75, 3.05) is 0 Å². The van der Waals surface area contributed by atoms with Gasteiger partial charge in [0.2, 0.25) is 0 Å². The highest BCUT2D eigenvalue weighted by Gasteiger charge is 1.31. The molecule has 22 valence electrons. The Morgan fingerprint density at radius 2 is 2.00 bits per heavy atom. The van der Waals surface area contributed by atoms with Crippen molar-refractivity contribution in [3.8, 4) is 0 Å². The Morgan fingerprint density at radius 3 is 2.00 bits per heavy atom. The van der Waals surface area contributed by atoms with Crippen molar-refractivity contribution in [2.45, 2.75) is 0 Å². The van der Waals surface area contributed by atoms with Gasteiger partial charge in [0.25, 0.3) is 0 Å². The number of rotatable bonds is 1. The summed E-state index contributed by atoms with van der Waals surface area (Å²) in [7, 11) is 4.70. The maximum Gasteiger partial charge on any atom is -0.0147 e. The first-order chi connectivity index (χ1) is 1.91. The second-order valence-electron chi connectivity index (χ2n) is 0.471. The highest BCUT2D eigenvalue weighted by molar-refractivity contribution is 6.89. The molecule has 0 aromatic heterocycles. The summed E-state index contributed by atoms with van der Waals surface area (Å²) in [5, 5.41) is 2.25. The van der Waals surface area contributed by atoms with E-state index >= 15 is 0 Å². The molecule has 0 aliphatic carbocycles. The van der Waals surface area contributed by atoms with Crippen LogP contribution in [0.4, 0.5) is 0 Å². The Kier molecular flexibility index (Phi) is 3.98. The largest absolute Gasteiger partial charge is 0.109 e. The van der Waals surface area contributed by atoms with Crippen LogP contribution in [0, 0.1) is 0 Å². The van der Waals surface area contributed by atoms with Crippen LogP contribution in [0.15, 0.2) is 0 Å². The first-order valence-electron chi connectivity index (χ1n) is 1.15. The Labute approximate surface area is 33.8 Å². The molecule has 3 heteroatoms. The third-order valence-electron chi connectivity index (χ3n) is 0.167. The maximum absolute atomic E-state index is 2.25. The molecule has 4 heavy (non-hydrogen) atoms. The van der Waals surface area contributed by atoms with Gasteiger partial charge in [0, 0.05) is 0 Å². The molecule has 0 unspecified atom stereocenters. The predicted molar refractivity (Wildman–Crippen MR) is 30.3 cm³/mol. The molecule has 0 spiro atoms. The van der Waals surface area contributed by atoms with Crippen LogP contribution in [-0.2, 0) is 0 Å². The summed E-state index contributed by atoms with van der Waals surface area (Å²) < 4.78 is 0. The lowest BCUT2D eigenvalue weighted by Crippen LogP contribution is -1.71. The van der Waals surface area contributed by atoms with E-state index in [9.17, 15) is 0 Å². The summed E-state index contributed by atoms with van der Waals surface area (Å²) in [6.45, 7) is 0. The van der Waals surface area contributed by atoms with E-state index in [1.165, 1.54) is 0 Å². The van der Waals surface area contributed by atoms with Gasteiger partial charge in [-0.2, -0.15) is 0 Å². The van der Waals surface area contributed by atoms with E-state index in [0.29, 0.717) is 8.61 Å². The van der Waals surface area contributed by atoms with Gasteiger partial charge in [0.15, 0.2) is 0 Å². The molecule has 0 aromatic carbocycles. The monoisotopic (exact) mass is 102 g/mol. The van der Waals surface area contributed by atoms with Crippen LogP contribution in [-0.4, -0.2) is 33.1 Å². The van der Waals surface area contributed by atoms with Gasteiger partial charge in [0.05, 0.1) is 0 Å². The Bertz CT molecular complexity index is 24.3. The molecule has 0 aliphatic heterocycles. The molecule has 0 aromatic rings. The Balaban J connectivity index is 2.73. The van der Waals surface area contributed by atoms with Gasteiger partial charge in [-0.05, 0) is 27.8 Å². The molecule has 0 N–H and O–H groups in total. The average Bonchev–Trinajstić information content (AvgIpc) is 1.37. The van der Waals surface area contributed by atoms with Gasteiger partial charge in [-0.3, -0.25) is 0 Å². The first-order valence-corrected chi connectivity index (χ1v) is 5.90. The van der Waals surface area contributed by atoms with E-state index in [-0.39, 0.29) is 0 Å². The lowest BCUT2D eigenvalue weighted by molar-refractivity contribution is 4.02. The van der Waals surface area contributed by atoms with E-state index in [1.807, 2.05) is 9.85 Å². The maximum atomic E-state index is 2.25. The molecule has 0 atom stereocenters. The van der Waals surface area contributed by atoms with Crippen LogP contribution < -0.4 is 0 Å². The highest BCUT2D eigenvalue weighted by Crippen LogP contribution is 1.03. The third kappa shape index (κ3) is 2.52. The van der Waals surface area contributed by atoms with E-state index in [1.54, 1.807) is 0 Å². The van der Waals surface area contributed by atoms with E-state index in [0.717, 1.165) is 0 Å². The Morgan fingerprint density at radius 1 is 1.75 bits per heavy atom. The lowest BCUT2D eigenvalue weighted by atomic mass is 11.9. The smallest absolute Gasteiger partial charge is 0.0147 e. The SMILES string of the molecule is [SiH2]=C[SiH]=[SiH2]. The van der Waals surface area contributed by atoms with Crippen molar-refractivity contribution in [3.05, 3.63) is 0 Å². The first kappa shape index (κ1) is 4.52. The summed E-state index contributed by atoms with van der Waals surface area (Å²) in [4.78, 5) is 0. The van der Waals surface area contributed by atoms with Crippen LogP contribution in [0.3, 0.4) is 0 Å². The quantitative estimate of drug-likeness (QED) is 0.318. The lowest BCUT2D eigenvalue weighted by Gasteiger charge is -1.42. The molecular formula is CH6Si3. The fraction of sp³-hybridized carbons (Fsp3) is 0. The fourth-order valence-corrected chi connectivity index (χ4v) is 0. The summed E-state index contributed by atoms with van der Waals surface area (Å²) in [5.41, 5.74) is 0. The molecule has 0 rings (SSSR count). The molecule has 0 nitrogen and oxygen atoms in total. The number of hydrogen-bond acceptors (Lipinski definition) is 0. The normalized spacial score (nSPS) is 5.00. The molecule has 0 aliphatic rings. The second kappa shape index (κ2) is 3.52. The summed E-state index contributed by atoms with van der Waals surface area (Å²) >= 11 is 0. The molecule has 0 amide bonds. The van der Waals surface area contributed by atoms with Crippen molar-refractivity contribution in [2.24, 2.45) is 0 Å². The minimum absolute atomic E-state index is 0.698. The highest BCUT2D eigenvalue weighted by atomic mass is 28.8. The van der Waals surface area contributed by atoms with E-state index in [4.69, 9.17) is 0 Å². The summed E-state index contributed by atoms with van der Waals surface area (Å²) in [6.07, 6.45) is 0. The third-order valence-corrected chi connectivity index (χ3v) is 4.50. The van der Waals surface area contributed by atoms with Gasteiger partial charge in [-0.1, -0.05) is 0 Å². The zero-order valence-corrected chi connectivity index (χ0v) is 6.55. The average molecular weight is 102 g/mol. The Hall–Kier alpha value is 0.521. The van der Waals surface area contributed by atoms with Gasteiger partial charge in [-0.25, -0.2) is 0 Å². The van der Waals surface area contributed by atoms with Gasteiger partial charge in [-0.15, -0.1) is 5.30 Å². The van der Waals surface area contributed by atoms with Crippen molar-refractivity contribution in [1.29, 1.82) is 0 Å². The molecular weight excluding hydrogens is 96.3 g/mol. The summed E-state index contributed by atoms with van der Waals surface area (Å²) in [6, 6.07) is 0. The van der Waals surface area contributed by atoms with Crippen LogP contribution in [0.2, 0.25) is 0 Å². The fourth-order valence-electron chi connectivity index (χ4n) is 0. The van der Waals surface area contributed by atoms with Crippen molar-refractivity contribution < 1.29 is 0 Å². The standard InChI is InChI=1S/CH6Si3/c2-1-4-3/h1,4H,2-3H2. The molecule has 0 heterocycles.